The van der Waals surface area contributed by atoms with E-state index in [1.54, 1.807) is 24.3 Å². The number of hydrogen-bond donors (Lipinski definition) is 2. The molecular weight excluding hydrogens is 348 g/mol. The molecule has 0 saturated heterocycles. The van der Waals surface area contributed by atoms with Gasteiger partial charge in [-0.25, -0.2) is 0 Å². The lowest BCUT2D eigenvalue weighted by Gasteiger charge is -2.08. The minimum absolute atomic E-state index is 0.171. The van der Waals surface area contributed by atoms with Crippen molar-refractivity contribution in [2.45, 2.75) is 12.8 Å². The molecule has 0 heterocycles. The second kappa shape index (κ2) is 10.1. The van der Waals surface area contributed by atoms with Gasteiger partial charge in [0.1, 0.15) is 0 Å². The fourth-order valence-corrected chi connectivity index (χ4v) is 2.94. The number of hydrogen-bond acceptors (Lipinski definition) is 2. The maximum absolute atomic E-state index is 12.4. The van der Waals surface area contributed by atoms with Gasteiger partial charge in [-0.1, -0.05) is 66.7 Å². The summed E-state index contributed by atoms with van der Waals surface area (Å²) >= 11 is 0. The van der Waals surface area contributed by atoms with Crippen LogP contribution in [0, 0.1) is 0 Å². The molecule has 3 aromatic rings. The smallest absolute Gasteiger partial charge is 0.251 e. The van der Waals surface area contributed by atoms with Crippen LogP contribution in [0.2, 0.25) is 0 Å². The number of carbonyl (C=O) groups is 2. The molecule has 2 amide bonds. The lowest BCUT2D eigenvalue weighted by Crippen LogP contribution is -2.28. The van der Waals surface area contributed by atoms with Crippen molar-refractivity contribution in [1.82, 2.24) is 10.6 Å². The average Bonchev–Trinajstić information content (AvgIpc) is 2.75. The van der Waals surface area contributed by atoms with Crippen molar-refractivity contribution in [3.05, 3.63) is 107 Å². The Morgan fingerprint density at radius 1 is 0.571 bits per heavy atom. The van der Waals surface area contributed by atoms with Crippen molar-refractivity contribution in [3.8, 4) is 0 Å². The monoisotopic (exact) mass is 372 g/mol. The van der Waals surface area contributed by atoms with Gasteiger partial charge in [0.15, 0.2) is 0 Å². The van der Waals surface area contributed by atoms with E-state index in [0.29, 0.717) is 24.2 Å². The zero-order valence-corrected chi connectivity index (χ0v) is 15.7. The van der Waals surface area contributed by atoms with E-state index < -0.39 is 0 Å². The molecule has 0 atom stereocenters. The maximum atomic E-state index is 12.4. The van der Waals surface area contributed by atoms with Crippen LogP contribution in [0.15, 0.2) is 84.9 Å². The van der Waals surface area contributed by atoms with Crippen molar-refractivity contribution in [2.75, 3.05) is 13.1 Å². The van der Waals surface area contributed by atoms with Crippen molar-refractivity contribution in [2.24, 2.45) is 0 Å². The second-order valence-corrected chi connectivity index (χ2v) is 6.56. The molecule has 0 aliphatic carbocycles. The first-order valence-electron chi connectivity index (χ1n) is 9.47. The Bertz CT molecular complexity index is 835. The van der Waals surface area contributed by atoms with Gasteiger partial charge in [-0.15, -0.1) is 0 Å². The Labute approximate surface area is 165 Å². The Morgan fingerprint density at radius 2 is 1.00 bits per heavy atom. The average molecular weight is 372 g/mol. The summed E-state index contributed by atoms with van der Waals surface area (Å²) in [5.74, 6) is -0.343. The summed E-state index contributed by atoms with van der Waals surface area (Å²) in [5, 5.41) is 5.82. The topological polar surface area (TPSA) is 58.2 Å². The van der Waals surface area contributed by atoms with Gasteiger partial charge < -0.3 is 10.6 Å². The molecule has 0 radical (unpaired) electrons. The van der Waals surface area contributed by atoms with Crippen LogP contribution < -0.4 is 10.6 Å². The van der Waals surface area contributed by atoms with Gasteiger partial charge in [-0.2, -0.15) is 0 Å². The Balaban J connectivity index is 1.49. The molecule has 0 bridgehead atoms. The Hall–Kier alpha value is -3.40. The molecule has 0 unspecified atom stereocenters. The highest BCUT2D eigenvalue weighted by molar-refractivity contribution is 5.99. The van der Waals surface area contributed by atoms with Gasteiger partial charge >= 0.3 is 0 Å². The fraction of sp³-hybridized carbons (Fsp3) is 0.167. The van der Waals surface area contributed by atoms with Gasteiger partial charge in [0, 0.05) is 24.2 Å². The summed E-state index contributed by atoms with van der Waals surface area (Å²) in [5.41, 5.74) is 3.33. The van der Waals surface area contributed by atoms with Crippen LogP contribution in [0.5, 0.6) is 0 Å². The molecule has 4 nitrogen and oxygen atoms in total. The summed E-state index contributed by atoms with van der Waals surface area (Å²) in [6.45, 7) is 1.10. The van der Waals surface area contributed by atoms with E-state index in [1.165, 1.54) is 11.1 Å². The standard InChI is InChI=1S/C24H24N2O2/c27-23(25-16-14-19-8-3-1-4-9-19)21-12-7-13-22(18-21)24(28)26-17-15-20-10-5-2-6-11-20/h1-13,18H,14-17H2,(H,25,27)(H,26,28). The van der Waals surface area contributed by atoms with E-state index in [-0.39, 0.29) is 11.8 Å². The van der Waals surface area contributed by atoms with Crippen LogP contribution in [0.1, 0.15) is 31.8 Å². The molecule has 0 fully saturated rings. The van der Waals surface area contributed by atoms with Crippen molar-refractivity contribution < 1.29 is 9.59 Å². The molecule has 2 N–H and O–H groups in total. The van der Waals surface area contributed by atoms with E-state index in [1.807, 2.05) is 60.7 Å². The van der Waals surface area contributed by atoms with E-state index >= 15 is 0 Å². The second-order valence-electron chi connectivity index (χ2n) is 6.56. The first-order chi connectivity index (χ1) is 13.7. The summed E-state index contributed by atoms with van der Waals surface area (Å²) in [4.78, 5) is 24.7. The minimum Gasteiger partial charge on any atom is -0.352 e. The van der Waals surface area contributed by atoms with Gasteiger partial charge in [-0.3, -0.25) is 9.59 Å². The van der Waals surface area contributed by atoms with Crippen LogP contribution in [0.4, 0.5) is 0 Å². The third-order valence-corrected chi connectivity index (χ3v) is 4.47. The molecular formula is C24H24N2O2. The molecule has 0 aliphatic heterocycles. The fourth-order valence-electron chi connectivity index (χ4n) is 2.94. The molecule has 0 aromatic heterocycles. The van der Waals surface area contributed by atoms with E-state index in [2.05, 4.69) is 10.6 Å². The molecule has 0 aliphatic rings. The lowest BCUT2D eigenvalue weighted by molar-refractivity contribution is 0.0953. The molecule has 28 heavy (non-hydrogen) atoms. The van der Waals surface area contributed by atoms with Crippen molar-refractivity contribution >= 4 is 11.8 Å². The molecule has 3 aromatic carbocycles. The van der Waals surface area contributed by atoms with Gasteiger partial charge in [0.2, 0.25) is 0 Å². The highest BCUT2D eigenvalue weighted by Crippen LogP contribution is 2.06. The quantitative estimate of drug-likeness (QED) is 0.634. The molecule has 3 rings (SSSR count). The number of nitrogens with one attached hydrogen (secondary N) is 2. The SMILES string of the molecule is O=C(NCCc1ccccc1)c1cccc(C(=O)NCCc2ccccc2)c1. The van der Waals surface area contributed by atoms with E-state index in [0.717, 1.165) is 12.8 Å². The molecule has 142 valence electrons. The summed E-state index contributed by atoms with van der Waals surface area (Å²) in [6.07, 6.45) is 1.54. The Kier molecular flexibility index (Phi) is 6.96. The zero-order chi connectivity index (χ0) is 19.6. The van der Waals surface area contributed by atoms with E-state index in [9.17, 15) is 9.59 Å². The summed E-state index contributed by atoms with van der Waals surface area (Å²) < 4.78 is 0. The maximum Gasteiger partial charge on any atom is 0.251 e. The lowest BCUT2D eigenvalue weighted by atomic mass is 10.1. The van der Waals surface area contributed by atoms with Crippen LogP contribution in [0.25, 0.3) is 0 Å². The highest BCUT2D eigenvalue weighted by atomic mass is 16.2. The largest absolute Gasteiger partial charge is 0.352 e. The van der Waals surface area contributed by atoms with Crippen LogP contribution in [-0.2, 0) is 12.8 Å². The number of amides is 2. The van der Waals surface area contributed by atoms with Crippen LogP contribution in [-0.4, -0.2) is 24.9 Å². The predicted molar refractivity (Wildman–Crippen MR) is 111 cm³/mol. The van der Waals surface area contributed by atoms with Crippen molar-refractivity contribution in [1.29, 1.82) is 0 Å². The highest BCUT2D eigenvalue weighted by Gasteiger charge is 2.10. The third-order valence-electron chi connectivity index (χ3n) is 4.47. The molecule has 0 saturated carbocycles. The summed E-state index contributed by atoms with van der Waals surface area (Å²) in [7, 11) is 0. The molecule has 4 heteroatoms. The Morgan fingerprint density at radius 3 is 1.43 bits per heavy atom. The van der Waals surface area contributed by atoms with Gasteiger partial charge in [0.05, 0.1) is 0 Å². The van der Waals surface area contributed by atoms with Crippen LogP contribution in [0.3, 0.4) is 0 Å². The van der Waals surface area contributed by atoms with Crippen molar-refractivity contribution in [3.63, 3.8) is 0 Å². The minimum atomic E-state index is -0.171. The zero-order valence-electron chi connectivity index (χ0n) is 15.7. The van der Waals surface area contributed by atoms with E-state index in [4.69, 9.17) is 0 Å². The van der Waals surface area contributed by atoms with Gasteiger partial charge in [-0.05, 0) is 42.2 Å². The molecule has 0 spiro atoms. The first kappa shape index (κ1) is 19.4. The number of carbonyl (C=O) groups excluding carboxylic acids is 2. The predicted octanol–water partition coefficient (Wildman–Crippen LogP) is 3.63. The normalized spacial score (nSPS) is 10.3. The third kappa shape index (κ3) is 5.81. The van der Waals surface area contributed by atoms with Crippen LogP contribution >= 0.6 is 0 Å². The number of benzene rings is 3. The number of rotatable bonds is 8. The first-order valence-corrected chi connectivity index (χ1v) is 9.47. The van der Waals surface area contributed by atoms with Gasteiger partial charge in [0.25, 0.3) is 11.8 Å². The summed E-state index contributed by atoms with van der Waals surface area (Å²) in [6, 6.07) is 26.8.